The van der Waals surface area contributed by atoms with Gasteiger partial charge in [-0.2, -0.15) is 5.10 Å². The van der Waals surface area contributed by atoms with Crippen molar-refractivity contribution < 1.29 is 0 Å². The van der Waals surface area contributed by atoms with Crippen LogP contribution in [0.5, 0.6) is 0 Å². The summed E-state index contributed by atoms with van der Waals surface area (Å²) in [5.41, 5.74) is 4.06. The molecular formula is C9H11ClN6. The first-order chi connectivity index (χ1) is 7.63. The number of nitrogen functional groups attached to an aromatic ring is 1. The molecule has 0 saturated heterocycles. The lowest BCUT2D eigenvalue weighted by Crippen LogP contribution is -2.13. The number of nitrogens with two attached hydrogens (primary N) is 1. The Bertz CT molecular complexity index is 501. The number of hydrogen-bond acceptors (Lipinski definition) is 5. The SMILES string of the molecule is Cc1nn(-c2ncnc(NN)c2C)cc1Cl. The van der Waals surface area contributed by atoms with E-state index in [0.29, 0.717) is 16.7 Å². The van der Waals surface area contributed by atoms with Crippen LogP contribution in [0.25, 0.3) is 5.82 Å². The van der Waals surface area contributed by atoms with Crippen LogP contribution in [0.4, 0.5) is 5.82 Å². The van der Waals surface area contributed by atoms with Gasteiger partial charge in [0.25, 0.3) is 0 Å². The van der Waals surface area contributed by atoms with Crippen molar-refractivity contribution in [3.63, 3.8) is 0 Å². The molecule has 7 heteroatoms. The van der Waals surface area contributed by atoms with Gasteiger partial charge in [0.05, 0.1) is 16.9 Å². The van der Waals surface area contributed by atoms with Gasteiger partial charge in [0.15, 0.2) is 5.82 Å². The average molecular weight is 239 g/mol. The Balaban J connectivity index is 2.55. The van der Waals surface area contributed by atoms with Crippen LogP contribution in [0.2, 0.25) is 5.02 Å². The highest BCUT2D eigenvalue weighted by atomic mass is 35.5. The van der Waals surface area contributed by atoms with Gasteiger partial charge in [-0.3, -0.25) is 0 Å². The van der Waals surface area contributed by atoms with E-state index in [1.807, 2.05) is 13.8 Å². The molecule has 0 aliphatic carbocycles. The van der Waals surface area contributed by atoms with Gasteiger partial charge in [-0.1, -0.05) is 11.6 Å². The van der Waals surface area contributed by atoms with Crippen molar-refractivity contribution in [1.82, 2.24) is 19.7 Å². The number of nitrogens with one attached hydrogen (secondary N) is 1. The van der Waals surface area contributed by atoms with Crippen molar-refractivity contribution in [2.24, 2.45) is 5.84 Å². The van der Waals surface area contributed by atoms with Crippen LogP contribution in [0.3, 0.4) is 0 Å². The Kier molecular flexibility index (Phi) is 2.76. The largest absolute Gasteiger partial charge is 0.308 e. The van der Waals surface area contributed by atoms with Crippen molar-refractivity contribution in [1.29, 1.82) is 0 Å². The maximum atomic E-state index is 5.94. The number of hydrogen-bond donors (Lipinski definition) is 2. The van der Waals surface area contributed by atoms with E-state index in [9.17, 15) is 0 Å². The summed E-state index contributed by atoms with van der Waals surface area (Å²) in [6.45, 7) is 3.69. The monoisotopic (exact) mass is 238 g/mol. The molecule has 0 unspecified atom stereocenters. The van der Waals surface area contributed by atoms with Gasteiger partial charge in [-0.25, -0.2) is 20.5 Å². The highest BCUT2D eigenvalue weighted by molar-refractivity contribution is 6.31. The molecule has 0 atom stereocenters. The summed E-state index contributed by atoms with van der Waals surface area (Å²) in [5, 5.41) is 4.84. The molecule has 2 aromatic rings. The van der Waals surface area contributed by atoms with Crippen molar-refractivity contribution >= 4 is 17.4 Å². The average Bonchev–Trinajstić information content (AvgIpc) is 2.59. The molecule has 16 heavy (non-hydrogen) atoms. The molecule has 84 valence electrons. The molecule has 2 rings (SSSR count). The quantitative estimate of drug-likeness (QED) is 0.607. The third kappa shape index (κ3) is 1.72. The standard InChI is InChI=1S/C9H11ClN6/c1-5-8(14-11)12-4-13-9(5)16-3-7(10)6(2)15-16/h3-4H,11H2,1-2H3,(H,12,13,14). The van der Waals surface area contributed by atoms with Crippen LogP contribution in [0.15, 0.2) is 12.5 Å². The summed E-state index contributed by atoms with van der Waals surface area (Å²) >= 11 is 5.94. The minimum atomic E-state index is 0.564. The minimum Gasteiger partial charge on any atom is -0.308 e. The topological polar surface area (TPSA) is 81.7 Å². The van der Waals surface area contributed by atoms with Crippen LogP contribution in [0.1, 0.15) is 11.3 Å². The Morgan fingerprint density at radius 2 is 2.12 bits per heavy atom. The third-order valence-corrected chi connectivity index (χ3v) is 2.62. The molecule has 2 heterocycles. The van der Waals surface area contributed by atoms with Crippen LogP contribution in [0, 0.1) is 13.8 Å². The van der Waals surface area contributed by atoms with E-state index in [-0.39, 0.29) is 0 Å². The number of nitrogens with zero attached hydrogens (tertiary/aromatic N) is 4. The van der Waals surface area contributed by atoms with E-state index in [2.05, 4.69) is 20.5 Å². The Morgan fingerprint density at radius 3 is 2.69 bits per heavy atom. The molecule has 0 aliphatic rings. The van der Waals surface area contributed by atoms with Gasteiger partial charge >= 0.3 is 0 Å². The van der Waals surface area contributed by atoms with E-state index in [1.54, 1.807) is 10.9 Å². The number of halogens is 1. The normalized spacial score (nSPS) is 10.5. The summed E-state index contributed by atoms with van der Waals surface area (Å²) in [6, 6.07) is 0. The fourth-order valence-electron chi connectivity index (χ4n) is 1.36. The van der Waals surface area contributed by atoms with Crippen LogP contribution in [-0.2, 0) is 0 Å². The zero-order valence-corrected chi connectivity index (χ0v) is 9.65. The molecule has 0 aromatic carbocycles. The van der Waals surface area contributed by atoms with E-state index in [1.165, 1.54) is 6.33 Å². The zero-order chi connectivity index (χ0) is 11.7. The molecule has 0 amide bonds. The minimum absolute atomic E-state index is 0.564. The predicted octanol–water partition coefficient (Wildman–Crippen LogP) is 1.22. The second-order valence-electron chi connectivity index (χ2n) is 3.32. The summed E-state index contributed by atoms with van der Waals surface area (Å²) < 4.78 is 1.61. The smallest absolute Gasteiger partial charge is 0.161 e. The van der Waals surface area contributed by atoms with Gasteiger partial charge in [0.1, 0.15) is 12.1 Å². The van der Waals surface area contributed by atoms with Crippen LogP contribution >= 0.6 is 11.6 Å². The lowest BCUT2D eigenvalue weighted by molar-refractivity contribution is 0.817. The third-order valence-electron chi connectivity index (χ3n) is 2.25. The van der Waals surface area contributed by atoms with Crippen molar-refractivity contribution in [3.05, 3.63) is 28.8 Å². The van der Waals surface area contributed by atoms with E-state index < -0.39 is 0 Å². The highest BCUT2D eigenvalue weighted by Gasteiger charge is 2.10. The van der Waals surface area contributed by atoms with Gasteiger partial charge < -0.3 is 5.43 Å². The lowest BCUT2D eigenvalue weighted by atomic mass is 10.3. The maximum Gasteiger partial charge on any atom is 0.161 e. The molecule has 0 spiro atoms. The second kappa shape index (κ2) is 4.07. The molecule has 0 radical (unpaired) electrons. The molecule has 0 aliphatic heterocycles. The van der Waals surface area contributed by atoms with Crippen LogP contribution < -0.4 is 11.3 Å². The lowest BCUT2D eigenvalue weighted by Gasteiger charge is -2.07. The molecule has 6 nitrogen and oxygen atoms in total. The highest BCUT2D eigenvalue weighted by Crippen LogP contribution is 2.19. The van der Waals surface area contributed by atoms with E-state index in [0.717, 1.165) is 11.3 Å². The van der Waals surface area contributed by atoms with Crippen molar-refractivity contribution in [2.45, 2.75) is 13.8 Å². The Morgan fingerprint density at radius 1 is 1.38 bits per heavy atom. The Labute approximate surface area is 97.4 Å². The molecule has 3 N–H and O–H groups in total. The summed E-state index contributed by atoms with van der Waals surface area (Å²) in [6.07, 6.45) is 3.12. The van der Waals surface area contributed by atoms with Gasteiger partial charge in [-0.05, 0) is 13.8 Å². The fraction of sp³-hybridized carbons (Fsp3) is 0.222. The summed E-state index contributed by atoms with van der Waals surface area (Å²) in [4.78, 5) is 8.14. The number of rotatable bonds is 2. The Hall–Kier alpha value is -1.66. The first-order valence-electron chi connectivity index (χ1n) is 4.64. The summed E-state index contributed by atoms with van der Waals surface area (Å²) in [5.74, 6) is 6.55. The van der Waals surface area contributed by atoms with Crippen molar-refractivity contribution in [3.8, 4) is 5.82 Å². The second-order valence-corrected chi connectivity index (χ2v) is 3.73. The number of hydrazine groups is 1. The maximum absolute atomic E-state index is 5.94. The van der Waals surface area contributed by atoms with Gasteiger partial charge in [0, 0.05) is 5.56 Å². The number of anilines is 1. The molecule has 0 saturated carbocycles. The van der Waals surface area contributed by atoms with E-state index >= 15 is 0 Å². The molecular weight excluding hydrogens is 228 g/mol. The zero-order valence-electron chi connectivity index (χ0n) is 8.90. The molecule has 0 fully saturated rings. The summed E-state index contributed by atoms with van der Waals surface area (Å²) in [7, 11) is 0. The van der Waals surface area contributed by atoms with E-state index in [4.69, 9.17) is 17.4 Å². The number of aryl methyl sites for hydroxylation is 1. The van der Waals surface area contributed by atoms with Crippen molar-refractivity contribution in [2.75, 3.05) is 5.43 Å². The van der Waals surface area contributed by atoms with Crippen LogP contribution in [-0.4, -0.2) is 19.7 Å². The molecule has 0 bridgehead atoms. The predicted molar refractivity (Wildman–Crippen MR) is 61.4 cm³/mol. The number of aromatic nitrogens is 4. The molecule has 2 aromatic heterocycles. The van der Waals surface area contributed by atoms with Gasteiger partial charge in [-0.15, -0.1) is 0 Å². The first-order valence-corrected chi connectivity index (χ1v) is 5.01. The fourth-order valence-corrected chi connectivity index (χ4v) is 1.50. The first kappa shape index (κ1) is 10.8. The van der Waals surface area contributed by atoms with Gasteiger partial charge in [0.2, 0.25) is 0 Å².